The lowest BCUT2D eigenvalue weighted by Crippen LogP contribution is -2.11. The second kappa shape index (κ2) is 5.18. The van der Waals surface area contributed by atoms with Gasteiger partial charge in [0.05, 0.1) is 15.8 Å². The highest BCUT2D eigenvalue weighted by Crippen LogP contribution is 2.33. The molecule has 0 fully saturated rings. The van der Waals surface area contributed by atoms with E-state index in [-0.39, 0.29) is 5.78 Å². The molecule has 0 spiro atoms. The molecule has 0 radical (unpaired) electrons. The number of nitrogens with zero attached hydrogens (tertiary/aromatic N) is 1. The Hall–Kier alpha value is -2.26. The predicted octanol–water partition coefficient (Wildman–Crippen LogP) is 4.52. The molecule has 3 aromatic rings. The van der Waals surface area contributed by atoms with Crippen LogP contribution in [0.2, 0.25) is 0 Å². The molecule has 3 heteroatoms. The first kappa shape index (κ1) is 13.4. The van der Waals surface area contributed by atoms with Crippen molar-refractivity contribution in [1.29, 1.82) is 0 Å². The van der Waals surface area contributed by atoms with Crippen molar-refractivity contribution in [2.24, 2.45) is 0 Å². The van der Waals surface area contributed by atoms with Crippen molar-refractivity contribution in [3.8, 4) is 0 Å². The third kappa shape index (κ3) is 2.18. The van der Waals surface area contributed by atoms with Gasteiger partial charge in [0, 0.05) is 6.42 Å². The van der Waals surface area contributed by atoms with Gasteiger partial charge in [0.1, 0.15) is 5.01 Å². The fourth-order valence-corrected chi connectivity index (χ4v) is 3.85. The van der Waals surface area contributed by atoms with Crippen LogP contribution in [-0.2, 0) is 17.6 Å². The number of para-hydroxylation sites is 1. The Balaban J connectivity index is 1.83. The van der Waals surface area contributed by atoms with Gasteiger partial charge in [-0.25, -0.2) is 4.98 Å². The molecule has 108 valence electrons. The lowest BCUT2D eigenvalue weighted by atomic mass is 9.90. The SMILES string of the molecule is CCc1ccc2c(c1)CC(=O)C(c1nc3ccccc3s1)=C2. The van der Waals surface area contributed by atoms with Crippen LogP contribution in [0, 0.1) is 0 Å². The van der Waals surface area contributed by atoms with E-state index in [4.69, 9.17) is 0 Å². The van der Waals surface area contributed by atoms with Gasteiger partial charge in [0.2, 0.25) is 0 Å². The number of aryl methyl sites for hydroxylation is 1. The molecule has 2 nitrogen and oxygen atoms in total. The number of allylic oxidation sites excluding steroid dienone is 1. The van der Waals surface area contributed by atoms with Crippen molar-refractivity contribution in [3.63, 3.8) is 0 Å². The van der Waals surface area contributed by atoms with Crippen LogP contribution >= 0.6 is 11.3 Å². The Morgan fingerprint density at radius 3 is 2.86 bits per heavy atom. The Labute approximate surface area is 133 Å². The van der Waals surface area contributed by atoms with Gasteiger partial charge in [0.15, 0.2) is 5.78 Å². The van der Waals surface area contributed by atoms with Crippen molar-refractivity contribution >= 4 is 39.0 Å². The summed E-state index contributed by atoms with van der Waals surface area (Å²) in [4.78, 5) is 17.2. The fourth-order valence-electron chi connectivity index (χ4n) is 2.85. The zero-order chi connectivity index (χ0) is 15.1. The Kier molecular flexibility index (Phi) is 3.16. The summed E-state index contributed by atoms with van der Waals surface area (Å²) in [5.41, 5.74) is 5.27. The van der Waals surface area contributed by atoms with Gasteiger partial charge in [-0.15, -0.1) is 11.3 Å². The highest BCUT2D eigenvalue weighted by Gasteiger charge is 2.22. The van der Waals surface area contributed by atoms with E-state index in [2.05, 4.69) is 30.1 Å². The number of ketones is 1. The van der Waals surface area contributed by atoms with Gasteiger partial charge in [-0.1, -0.05) is 37.3 Å². The zero-order valence-corrected chi connectivity index (χ0v) is 13.1. The highest BCUT2D eigenvalue weighted by molar-refractivity contribution is 7.19. The number of benzene rings is 2. The Bertz CT molecular complexity index is 887. The van der Waals surface area contributed by atoms with Crippen LogP contribution in [0.4, 0.5) is 0 Å². The topological polar surface area (TPSA) is 30.0 Å². The lowest BCUT2D eigenvalue weighted by molar-refractivity contribution is -0.113. The number of aromatic nitrogens is 1. The zero-order valence-electron chi connectivity index (χ0n) is 12.3. The summed E-state index contributed by atoms with van der Waals surface area (Å²) < 4.78 is 1.12. The molecule has 1 aliphatic rings. The molecule has 22 heavy (non-hydrogen) atoms. The molecule has 0 saturated heterocycles. The maximum atomic E-state index is 12.5. The van der Waals surface area contributed by atoms with E-state index in [9.17, 15) is 4.79 Å². The molecule has 0 saturated carbocycles. The number of carbonyl (C=O) groups is 1. The second-order valence-electron chi connectivity index (χ2n) is 5.53. The van der Waals surface area contributed by atoms with E-state index >= 15 is 0 Å². The van der Waals surface area contributed by atoms with E-state index < -0.39 is 0 Å². The number of carbonyl (C=O) groups excluding carboxylic acids is 1. The van der Waals surface area contributed by atoms with Gasteiger partial charge in [-0.05, 0) is 41.3 Å². The van der Waals surface area contributed by atoms with E-state index in [1.807, 2.05) is 30.3 Å². The number of fused-ring (bicyclic) bond motifs is 2. The van der Waals surface area contributed by atoms with Crippen molar-refractivity contribution in [2.45, 2.75) is 19.8 Å². The Morgan fingerprint density at radius 1 is 1.18 bits per heavy atom. The van der Waals surface area contributed by atoms with Gasteiger partial charge in [-0.2, -0.15) is 0 Å². The largest absolute Gasteiger partial charge is 0.294 e. The summed E-state index contributed by atoms with van der Waals surface area (Å²) in [6.07, 6.45) is 3.47. The van der Waals surface area contributed by atoms with Crippen molar-refractivity contribution in [3.05, 3.63) is 64.2 Å². The van der Waals surface area contributed by atoms with Crippen LogP contribution in [-0.4, -0.2) is 10.8 Å². The maximum Gasteiger partial charge on any atom is 0.170 e. The smallest absolute Gasteiger partial charge is 0.170 e. The van der Waals surface area contributed by atoms with Gasteiger partial charge in [0.25, 0.3) is 0 Å². The molecule has 0 amide bonds. The monoisotopic (exact) mass is 305 g/mol. The van der Waals surface area contributed by atoms with Crippen LogP contribution in [0.25, 0.3) is 21.9 Å². The van der Waals surface area contributed by atoms with Crippen LogP contribution in [0.3, 0.4) is 0 Å². The van der Waals surface area contributed by atoms with Crippen LogP contribution in [0.1, 0.15) is 28.6 Å². The Morgan fingerprint density at radius 2 is 2.05 bits per heavy atom. The number of rotatable bonds is 2. The number of hydrogen-bond donors (Lipinski definition) is 0. The highest BCUT2D eigenvalue weighted by atomic mass is 32.1. The van der Waals surface area contributed by atoms with Crippen LogP contribution < -0.4 is 0 Å². The van der Waals surface area contributed by atoms with Crippen LogP contribution in [0.15, 0.2) is 42.5 Å². The lowest BCUT2D eigenvalue weighted by Gasteiger charge is -2.15. The summed E-state index contributed by atoms with van der Waals surface area (Å²) in [5.74, 6) is 0.166. The molecule has 4 rings (SSSR count). The minimum Gasteiger partial charge on any atom is -0.294 e. The maximum absolute atomic E-state index is 12.5. The predicted molar refractivity (Wildman–Crippen MR) is 92.0 cm³/mol. The normalized spacial score (nSPS) is 14.0. The van der Waals surface area contributed by atoms with Gasteiger partial charge < -0.3 is 0 Å². The summed E-state index contributed by atoms with van der Waals surface area (Å²) in [5, 5.41) is 0.830. The first-order chi connectivity index (χ1) is 10.7. The van der Waals surface area contributed by atoms with E-state index in [0.29, 0.717) is 6.42 Å². The molecule has 1 aromatic heterocycles. The summed E-state index contributed by atoms with van der Waals surface area (Å²) in [6, 6.07) is 14.4. The summed E-state index contributed by atoms with van der Waals surface area (Å²) in [6.45, 7) is 2.13. The molecule has 1 heterocycles. The van der Waals surface area contributed by atoms with Crippen molar-refractivity contribution in [2.75, 3.05) is 0 Å². The number of Topliss-reactive ketones (excluding diaryl/α,β-unsaturated/α-hetero) is 1. The fraction of sp³-hybridized carbons (Fsp3) is 0.158. The molecule has 0 atom stereocenters. The number of hydrogen-bond acceptors (Lipinski definition) is 3. The molecule has 1 aliphatic carbocycles. The standard InChI is InChI=1S/C19H15NOS/c1-2-12-7-8-13-10-15(17(21)11-14(13)9-12)19-20-16-5-3-4-6-18(16)22-19/h3-10H,2,11H2,1H3. The quantitative estimate of drug-likeness (QED) is 0.696. The van der Waals surface area contributed by atoms with Crippen molar-refractivity contribution < 1.29 is 4.79 Å². The van der Waals surface area contributed by atoms with Crippen LogP contribution in [0.5, 0.6) is 0 Å². The van der Waals surface area contributed by atoms with E-state index in [1.165, 1.54) is 5.56 Å². The average molecular weight is 305 g/mol. The molecule has 2 aromatic carbocycles. The third-order valence-corrected chi connectivity index (χ3v) is 5.16. The molecular formula is C19H15NOS. The van der Waals surface area contributed by atoms with Gasteiger partial charge in [-0.3, -0.25) is 4.79 Å². The number of thiazole rings is 1. The minimum absolute atomic E-state index is 0.166. The molecule has 0 unspecified atom stereocenters. The summed E-state index contributed by atoms with van der Waals surface area (Å²) in [7, 11) is 0. The minimum atomic E-state index is 0.166. The second-order valence-corrected chi connectivity index (χ2v) is 6.56. The molecule has 0 N–H and O–H groups in total. The molecule has 0 aliphatic heterocycles. The van der Waals surface area contributed by atoms with E-state index in [1.54, 1.807) is 11.3 Å². The molecule has 0 bridgehead atoms. The first-order valence-corrected chi connectivity index (χ1v) is 8.29. The molecular weight excluding hydrogens is 290 g/mol. The third-order valence-electron chi connectivity index (χ3n) is 4.09. The van der Waals surface area contributed by atoms with Gasteiger partial charge >= 0.3 is 0 Å². The van der Waals surface area contributed by atoms with E-state index in [0.717, 1.165) is 38.3 Å². The van der Waals surface area contributed by atoms with Crippen molar-refractivity contribution in [1.82, 2.24) is 4.98 Å². The summed E-state index contributed by atoms with van der Waals surface area (Å²) >= 11 is 1.59. The average Bonchev–Trinajstić information content (AvgIpc) is 2.97. The first-order valence-electron chi connectivity index (χ1n) is 7.47.